The van der Waals surface area contributed by atoms with Crippen LogP contribution in [0.2, 0.25) is 0 Å². The van der Waals surface area contributed by atoms with E-state index in [1.807, 2.05) is 54.6 Å². The van der Waals surface area contributed by atoms with Crippen molar-refractivity contribution in [2.24, 2.45) is 0 Å². The van der Waals surface area contributed by atoms with Crippen molar-refractivity contribution in [1.29, 1.82) is 0 Å². The average molecular weight is 433 g/mol. The number of carbonyl (C=O) groups excluding carboxylic acids is 2. The number of carbonyl (C=O) groups is 2. The first kappa shape index (κ1) is 21.8. The lowest BCUT2D eigenvalue weighted by Gasteiger charge is -2.15. The van der Waals surface area contributed by atoms with Crippen molar-refractivity contribution in [1.82, 2.24) is 10.8 Å². The van der Waals surface area contributed by atoms with Crippen molar-refractivity contribution in [3.05, 3.63) is 71.3 Å². The van der Waals surface area contributed by atoms with Gasteiger partial charge in [-0.1, -0.05) is 36.4 Å². The third-order valence-corrected chi connectivity index (χ3v) is 5.69. The van der Waals surface area contributed by atoms with Crippen molar-refractivity contribution in [3.8, 4) is 5.75 Å². The van der Waals surface area contributed by atoms with Gasteiger partial charge < -0.3 is 10.1 Å². The molecule has 2 aliphatic rings. The van der Waals surface area contributed by atoms with Crippen LogP contribution in [0.4, 0.5) is 0 Å². The largest absolute Gasteiger partial charge is 0.490 e. The minimum atomic E-state index is -0.590. The second kappa shape index (κ2) is 10.3. The summed E-state index contributed by atoms with van der Waals surface area (Å²) in [6, 6.07) is 15.5. The molecule has 3 N–H and O–H groups in total. The Labute approximate surface area is 187 Å². The van der Waals surface area contributed by atoms with E-state index in [1.165, 1.54) is 18.9 Å². The predicted octanol–water partition coefficient (Wildman–Crippen LogP) is 4.35. The first-order valence-corrected chi connectivity index (χ1v) is 11.1. The zero-order valence-corrected chi connectivity index (χ0v) is 17.9. The molecular weight excluding hydrogens is 404 g/mol. The van der Waals surface area contributed by atoms with Crippen molar-refractivity contribution in [2.45, 2.75) is 50.7 Å². The van der Waals surface area contributed by atoms with E-state index in [1.54, 1.807) is 11.6 Å². The van der Waals surface area contributed by atoms with E-state index in [0.717, 1.165) is 48.1 Å². The van der Waals surface area contributed by atoms with Crippen LogP contribution in [0.3, 0.4) is 0 Å². The lowest BCUT2D eigenvalue weighted by molar-refractivity contribution is -0.124. The van der Waals surface area contributed by atoms with Gasteiger partial charge in [-0.2, -0.15) is 0 Å². The van der Waals surface area contributed by atoms with E-state index in [-0.39, 0.29) is 18.1 Å². The van der Waals surface area contributed by atoms with Crippen LogP contribution in [0.15, 0.2) is 54.6 Å². The molecule has 0 aliphatic heterocycles. The summed E-state index contributed by atoms with van der Waals surface area (Å²) in [5, 5.41) is 11.7. The molecule has 0 aromatic heterocycles. The van der Waals surface area contributed by atoms with Gasteiger partial charge in [0.05, 0.1) is 6.10 Å². The number of hydrogen-bond acceptors (Lipinski definition) is 4. The molecule has 0 spiro atoms. The fourth-order valence-corrected chi connectivity index (χ4v) is 3.79. The van der Waals surface area contributed by atoms with E-state index in [0.29, 0.717) is 5.57 Å². The van der Waals surface area contributed by atoms with Gasteiger partial charge in [0.15, 0.2) is 0 Å². The number of hydrogen-bond donors (Lipinski definition) is 3. The van der Waals surface area contributed by atoms with Gasteiger partial charge in [-0.3, -0.25) is 14.8 Å². The number of nitrogens with one attached hydrogen (secondary N) is 2. The Hall–Kier alpha value is -3.38. The maximum absolute atomic E-state index is 13.0. The summed E-state index contributed by atoms with van der Waals surface area (Å²) in [5.74, 6) is 0.115. The van der Waals surface area contributed by atoms with Crippen molar-refractivity contribution in [3.63, 3.8) is 0 Å². The fraction of sp³-hybridized carbons (Fsp3) is 0.308. The van der Waals surface area contributed by atoms with Crippen molar-refractivity contribution in [2.75, 3.05) is 0 Å². The van der Waals surface area contributed by atoms with Gasteiger partial charge in [-0.15, -0.1) is 0 Å². The Bertz CT molecular complexity index is 1020. The van der Waals surface area contributed by atoms with Crippen LogP contribution in [0, 0.1) is 0 Å². The first-order valence-electron chi connectivity index (χ1n) is 11.1. The second-order valence-electron chi connectivity index (χ2n) is 8.33. The molecule has 2 aliphatic carbocycles. The molecule has 32 heavy (non-hydrogen) atoms. The van der Waals surface area contributed by atoms with E-state index in [9.17, 15) is 9.59 Å². The molecular formula is C26H28N2O4. The maximum Gasteiger partial charge on any atom is 0.267 e. The summed E-state index contributed by atoms with van der Waals surface area (Å²) in [6.45, 7) is 0. The molecule has 0 radical (unpaired) electrons. The maximum atomic E-state index is 13.0. The highest BCUT2D eigenvalue weighted by atomic mass is 16.5. The van der Waals surface area contributed by atoms with Crippen LogP contribution >= 0.6 is 0 Å². The van der Waals surface area contributed by atoms with E-state index >= 15 is 0 Å². The molecule has 0 unspecified atom stereocenters. The molecule has 0 heterocycles. The topological polar surface area (TPSA) is 87.7 Å². The lowest BCUT2D eigenvalue weighted by Crippen LogP contribution is -2.26. The van der Waals surface area contributed by atoms with Gasteiger partial charge in [-0.25, -0.2) is 5.48 Å². The monoisotopic (exact) mass is 432 g/mol. The zero-order chi connectivity index (χ0) is 22.3. The van der Waals surface area contributed by atoms with Crippen LogP contribution in [0.1, 0.15) is 55.2 Å². The fourth-order valence-electron chi connectivity index (χ4n) is 3.79. The predicted molar refractivity (Wildman–Crippen MR) is 124 cm³/mol. The highest BCUT2D eigenvalue weighted by Crippen LogP contribution is 2.28. The molecule has 2 aromatic rings. The highest BCUT2D eigenvalue weighted by molar-refractivity contribution is 6.24. The molecule has 2 aromatic carbocycles. The van der Waals surface area contributed by atoms with E-state index in [4.69, 9.17) is 9.94 Å². The zero-order valence-electron chi connectivity index (χ0n) is 17.9. The van der Waals surface area contributed by atoms with Gasteiger partial charge in [0.1, 0.15) is 5.75 Å². The Morgan fingerprint density at radius 3 is 2.38 bits per heavy atom. The summed E-state index contributed by atoms with van der Waals surface area (Å²) in [5.41, 5.74) is 4.66. The van der Waals surface area contributed by atoms with Crippen LogP contribution in [-0.4, -0.2) is 29.2 Å². The Balaban J connectivity index is 1.57. The Morgan fingerprint density at radius 2 is 1.69 bits per heavy atom. The van der Waals surface area contributed by atoms with Crippen LogP contribution in [0.25, 0.3) is 17.7 Å². The third-order valence-electron chi connectivity index (χ3n) is 5.69. The first-order chi connectivity index (χ1) is 15.6. The van der Waals surface area contributed by atoms with E-state index < -0.39 is 5.91 Å². The summed E-state index contributed by atoms with van der Waals surface area (Å²) in [6.07, 6.45) is 11.6. The molecule has 6 heteroatoms. The number of amides is 2. The number of rotatable bonds is 8. The average Bonchev–Trinajstić information content (AvgIpc) is 3.48. The summed E-state index contributed by atoms with van der Waals surface area (Å²) in [7, 11) is 0. The van der Waals surface area contributed by atoms with Gasteiger partial charge in [0, 0.05) is 17.7 Å². The van der Waals surface area contributed by atoms with E-state index in [2.05, 4.69) is 5.32 Å². The number of ether oxygens (including phenoxy) is 1. The van der Waals surface area contributed by atoms with Crippen molar-refractivity contribution < 1.29 is 19.5 Å². The smallest absolute Gasteiger partial charge is 0.267 e. The van der Waals surface area contributed by atoms with Gasteiger partial charge >= 0.3 is 0 Å². The number of hydroxylamine groups is 1. The quantitative estimate of drug-likeness (QED) is 0.251. The minimum absolute atomic E-state index is 0.0888. The van der Waals surface area contributed by atoms with Crippen LogP contribution in [-0.2, 0) is 9.59 Å². The van der Waals surface area contributed by atoms with Crippen LogP contribution < -0.4 is 15.5 Å². The SMILES string of the molecule is O=C(/C=C/c1ccc(/C=C(/C(=O)NC2CC2)c2cccc(OC3CCCC3)c2)cc1)NO. The Morgan fingerprint density at radius 1 is 0.969 bits per heavy atom. The lowest BCUT2D eigenvalue weighted by atomic mass is 10.0. The van der Waals surface area contributed by atoms with Gasteiger partial charge in [0.25, 0.3) is 11.8 Å². The molecule has 2 saturated carbocycles. The molecule has 6 nitrogen and oxygen atoms in total. The van der Waals surface area contributed by atoms with Gasteiger partial charge in [-0.05, 0) is 79.5 Å². The molecule has 0 atom stereocenters. The highest BCUT2D eigenvalue weighted by Gasteiger charge is 2.25. The van der Waals surface area contributed by atoms with Gasteiger partial charge in [0.2, 0.25) is 0 Å². The molecule has 4 rings (SSSR count). The minimum Gasteiger partial charge on any atom is -0.490 e. The Kier molecular flexibility index (Phi) is 7.02. The van der Waals surface area contributed by atoms with Crippen molar-refractivity contribution >= 4 is 29.5 Å². The van der Waals surface area contributed by atoms with Crippen LogP contribution in [0.5, 0.6) is 5.75 Å². The standard InChI is InChI=1S/C26H28N2O4/c29-25(28-31)15-12-18-8-10-19(11-9-18)16-24(26(30)27-21-13-14-21)20-4-3-7-23(17-20)32-22-5-1-2-6-22/h3-4,7-12,15-17,21-22,31H,1-2,5-6,13-14H2,(H,27,30)(H,28,29)/b15-12+,24-16+. The summed E-state index contributed by atoms with van der Waals surface area (Å²) < 4.78 is 6.14. The normalized spacial score (nSPS) is 16.8. The molecule has 0 saturated heterocycles. The molecule has 2 fully saturated rings. The third kappa shape index (κ3) is 6.08. The molecule has 2 amide bonds. The summed E-state index contributed by atoms with van der Waals surface area (Å²) >= 11 is 0. The second-order valence-corrected chi connectivity index (χ2v) is 8.33. The number of benzene rings is 2. The summed E-state index contributed by atoms with van der Waals surface area (Å²) in [4.78, 5) is 24.2. The molecule has 166 valence electrons. The molecule has 0 bridgehead atoms.